The maximum absolute atomic E-state index is 13.1. The molecule has 0 radical (unpaired) electrons. The molecule has 0 fully saturated rings. The minimum atomic E-state index is -0.459. The second kappa shape index (κ2) is 10.7. The molecule has 1 amide bonds. The van der Waals surface area contributed by atoms with Crippen LogP contribution in [-0.4, -0.2) is 69.7 Å². The van der Waals surface area contributed by atoms with E-state index >= 15 is 0 Å². The number of hydrogen-bond donors (Lipinski definition) is 1. The lowest BCUT2D eigenvalue weighted by Crippen LogP contribution is -2.37. The number of fused-ring (bicyclic) bond motifs is 1. The van der Waals surface area contributed by atoms with Gasteiger partial charge in [-0.05, 0) is 45.6 Å². The molecule has 0 atom stereocenters. The van der Waals surface area contributed by atoms with E-state index in [1.165, 1.54) is 6.20 Å². The minimum absolute atomic E-state index is 0.0520. The number of carbonyl (C=O) groups excluding carboxylic acids is 1. The van der Waals surface area contributed by atoms with Gasteiger partial charge in [0.05, 0.1) is 24.3 Å². The summed E-state index contributed by atoms with van der Waals surface area (Å²) in [4.78, 5) is 17.6. The molecule has 0 aliphatic carbocycles. The van der Waals surface area contributed by atoms with Gasteiger partial charge in [-0.25, -0.2) is 4.79 Å². The van der Waals surface area contributed by atoms with E-state index in [1.807, 2.05) is 26.2 Å². The van der Waals surface area contributed by atoms with Crippen LogP contribution >= 0.6 is 11.6 Å². The first-order valence-corrected chi connectivity index (χ1v) is 11.7. The maximum atomic E-state index is 13.1. The number of halogens is 1. The van der Waals surface area contributed by atoms with Gasteiger partial charge >= 0.3 is 6.03 Å². The molecule has 0 saturated heterocycles. The lowest BCUT2D eigenvalue weighted by Gasteiger charge is -2.22. The molecule has 2 heterocycles. The van der Waals surface area contributed by atoms with Crippen molar-refractivity contribution in [3.63, 3.8) is 0 Å². The number of aromatic hydroxyl groups is 1. The number of rotatable bonds is 4. The summed E-state index contributed by atoms with van der Waals surface area (Å²) >= 11 is 6.58. The smallest absolute Gasteiger partial charge is 0.362 e. The van der Waals surface area contributed by atoms with Crippen LogP contribution in [0.3, 0.4) is 0 Å². The van der Waals surface area contributed by atoms with Gasteiger partial charge in [0.1, 0.15) is 24.2 Å². The monoisotopic (exact) mass is 504 g/mol. The number of ether oxygens (including phenoxy) is 1. The number of benzene rings is 2. The first-order chi connectivity index (χ1) is 17.3. The van der Waals surface area contributed by atoms with E-state index in [9.17, 15) is 9.90 Å². The number of nitrogens with zero attached hydrogens (tertiary/aromatic N) is 6. The van der Waals surface area contributed by atoms with Crippen molar-refractivity contribution < 1.29 is 14.6 Å². The van der Waals surface area contributed by atoms with Crippen LogP contribution in [0.4, 0.5) is 4.79 Å². The number of amides is 1. The zero-order valence-corrected chi connectivity index (χ0v) is 21.0. The number of phenols is 1. The molecule has 0 spiro atoms. The van der Waals surface area contributed by atoms with E-state index in [4.69, 9.17) is 21.6 Å². The van der Waals surface area contributed by atoms with Crippen LogP contribution in [0, 0.1) is 23.2 Å². The molecule has 1 aliphatic rings. The number of phenolic OH excluding ortho intramolecular Hbond substituents is 1. The molecule has 10 heteroatoms. The Bertz CT molecular complexity index is 1390. The van der Waals surface area contributed by atoms with E-state index in [2.05, 4.69) is 26.9 Å². The summed E-state index contributed by atoms with van der Waals surface area (Å²) in [7, 11) is 3.96. The lowest BCUT2D eigenvalue weighted by molar-refractivity contribution is 0.182. The van der Waals surface area contributed by atoms with Gasteiger partial charge in [-0.1, -0.05) is 28.4 Å². The lowest BCUT2D eigenvalue weighted by atomic mass is 9.88. The first kappa shape index (κ1) is 25.1. The van der Waals surface area contributed by atoms with E-state index in [1.54, 1.807) is 30.0 Å². The van der Waals surface area contributed by atoms with Crippen molar-refractivity contribution in [2.75, 3.05) is 33.8 Å². The predicted molar refractivity (Wildman–Crippen MR) is 135 cm³/mol. The molecule has 2 aromatic carbocycles. The Morgan fingerprint density at radius 2 is 2.14 bits per heavy atom. The van der Waals surface area contributed by atoms with Gasteiger partial charge in [0.2, 0.25) is 0 Å². The molecular formula is C26H25ClN6O3. The van der Waals surface area contributed by atoms with Gasteiger partial charge in [-0.15, -0.1) is 11.0 Å². The van der Waals surface area contributed by atoms with Crippen LogP contribution in [0.15, 0.2) is 30.5 Å². The number of likely N-dealkylation sites (N-methyl/N-ethyl adjacent to an activating group) is 1. The molecule has 184 valence electrons. The fourth-order valence-corrected chi connectivity index (χ4v) is 4.43. The van der Waals surface area contributed by atoms with Gasteiger partial charge in [-0.3, -0.25) is 0 Å². The molecular weight excluding hydrogens is 480 g/mol. The quantitative estimate of drug-likeness (QED) is 0.541. The zero-order valence-electron chi connectivity index (χ0n) is 20.2. The Balaban J connectivity index is 1.88. The Morgan fingerprint density at radius 1 is 1.33 bits per heavy atom. The largest absolute Gasteiger partial charge is 0.507 e. The van der Waals surface area contributed by atoms with Gasteiger partial charge in [-0.2, -0.15) is 10.4 Å². The second-order valence-electron chi connectivity index (χ2n) is 8.51. The fraction of sp³-hybridized carbons (Fsp3) is 0.308. The van der Waals surface area contributed by atoms with Gasteiger partial charge in [0, 0.05) is 34.4 Å². The highest BCUT2D eigenvalue weighted by atomic mass is 35.5. The van der Waals surface area contributed by atoms with E-state index < -0.39 is 6.03 Å². The molecule has 0 unspecified atom stereocenters. The summed E-state index contributed by atoms with van der Waals surface area (Å²) in [5.74, 6) is 6.81. The van der Waals surface area contributed by atoms with Crippen LogP contribution in [0.1, 0.15) is 29.3 Å². The van der Waals surface area contributed by atoms with Crippen molar-refractivity contribution in [2.45, 2.75) is 19.9 Å². The zero-order chi connectivity index (χ0) is 25.8. The van der Waals surface area contributed by atoms with Crippen LogP contribution in [0.5, 0.6) is 11.5 Å². The second-order valence-corrected chi connectivity index (χ2v) is 8.92. The highest BCUT2D eigenvalue weighted by Gasteiger charge is 2.28. The van der Waals surface area contributed by atoms with Crippen LogP contribution in [0.25, 0.3) is 11.1 Å². The third-order valence-corrected chi connectivity index (χ3v) is 6.10. The first-order valence-electron chi connectivity index (χ1n) is 11.3. The summed E-state index contributed by atoms with van der Waals surface area (Å²) in [5.41, 5.74) is 3.59. The summed E-state index contributed by atoms with van der Waals surface area (Å²) < 4.78 is 6.24. The Kier molecular flexibility index (Phi) is 7.44. The molecule has 3 aromatic rings. The normalized spacial score (nSPS) is 12.7. The average molecular weight is 505 g/mol. The SMILES string of the molecule is CC#Cc1cc2c(c(CCN(C)C)c1-c1c(O)cccc1Cl)OCCN(C(=O)n1ncc(C#N)n1)C2. The van der Waals surface area contributed by atoms with Crippen molar-refractivity contribution in [1.29, 1.82) is 5.26 Å². The minimum Gasteiger partial charge on any atom is -0.507 e. The highest BCUT2D eigenvalue weighted by molar-refractivity contribution is 6.33. The number of hydrogen-bond acceptors (Lipinski definition) is 7. The number of aromatic nitrogens is 3. The summed E-state index contributed by atoms with van der Waals surface area (Å²) in [6, 6.07) is 8.32. The molecule has 4 rings (SSSR count). The third kappa shape index (κ3) is 4.99. The fourth-order valence-electron chi connectivity index (χ4n) is 4.17. The molecule has 36 heavy (non-hydrogen) atoms. The van der Waals surface area contributed by atoms with Crippen molar-refractivity contribution in [3.05, 3.63) is 57.9 Å². The Hall–Kier alpha value is -4.05. The van der Waals surface area contributed by atoms with Crippen LogP contribution < -0.4 is 4.74 Å². The van der Waals surface area contributed by atoms with E-state index in [0.29, 0.717) is 41.4 Å². The standard InChI is InChI=1S/C26H25ClN6O3/c1-4-6-17-13-18-16-32(26(35)33-29-15-19(14-28)30-33)11-12-36-25(18)20(9-10-31(2)3)23(17)24-21(27)7-5-8-22(24)34/h5,7-8,13,15,34H,9-12,16H2,1-3H3. The number of nitriles is 1. The number of carbonyl (C=O) groups is 1. The molecule has 9 nitrogen and oxygen atoms in total. The molecule has 1 N–H and O–H groups in total. The van der Waals surface area contributed by atoms with Crippen molar-refractivity contribution >= 4 is 17.6 Å². The van der Waals surface area contributed by atoms with Crippen molar-refractivity contribution in [1.82, 2.24) is 24.8 Å². The Morgan fingerprint density at radius 3 is 2.81 bits per heavy atom. The summed E-state index contributed by atoms with van der Waals surface area (Å²) in [6.07, 6.45) is 1.85. The van der Waals surface area contributed by atoms with Crippen molar-refractivity contribution in [2.24, 2.45) is 0 Å². The summed E-state index contributed by atoms with van der Waals surface area (Å²) in [6.45, 7) is 3.23. The Labute approximate surface area is 214 Å². The van der Waals surface area contributed by atoms with Crippen LogP contribution in [0.2, 0.25) is 5.02 Å². The van der Waals surface area contributed by atoms with E-state index in [-0.39, 0.29) is 24.6 Å². The third-order valence-electron chi connectivity index (χ3n) is 5.78. The molecule has 1 aromatic heterocycles. The van der Waals surface area contributed by atoms with Crippen molar-refractivity contribution in [3.8, 4) is 40.5 Å². The van der Waals surface area contributed by atoms with Gasteiger partial charge in [0.25, 0.3) is 0 Å². The molecule has 0 saturated carbocycles. The van der Waals surface area contributed by atoms with Gasteiger partial charge < -0.3 is 19.6 Å². The van der Waals surface area contributed by atoms with Gasteiger partial charge in [0.15, 0.2) is 5.69 Å². The van der Waals surface area contributed by atoms with E-state index in [0.717, 1.165) is 21.5 Å². The molecule has 0 bridgehead atoms. The summed E-state index contributed by atoms with van der Waals surface area (Å²) in [5, 5.41) is 28.1. The topological polar surface area (TPSA) is 108 Å². The highest BCUT2D eigenvalue weighted by Crippen LogP contribution is 2.44. The maximum Gasteiger partial charge on any atom is 0.362 e. The van der Waals surface area contributed by atoms with Crippen LogP contribution in [-0.2, 0) is 13.0 Å². The average Bonchev–Trinajstić information content (AvgIpc) is 3.23. The molecule has 1 aliphatic heterocycles. The predicted octanol–water partition coefficient (Wildman–Crippen LogP) is 3.51.